The second kappa shape index (κ2) is 6.05. The highest BCUT2D eigenvalue weighted by atomic mass is 16.1. The van der Waals surface area contributed by atoms with E-state index in [1.165, 1.54) is 5.56 Å². The number of carbonyl (C=O) groups excluding carboxylic acids is 1. The van der Waals surface area contributed by atoms with E-state index in [-0.39, 0.29) is 11.9 Å². The quantitative estimate of drug-likeness (QED) is 0.862. The summed E-state index contributed by atoms with van der Waals surface area (Å²) >= 11 is 0. The predicted molar refractivity (Wildman–Crippen MR) is 67.3 cm³/mol. The van der Waals surface area contributed by atoms with Crippen LogP contribution in [0.15, 0.2) is 24.3 Å². The van der Waals surface area contributed by atoms with Gasteiger partial charge in [-0.1, -0.05) is 29.8 Å². The van der Waals surface area contributed by atoms with Gasteiger partial charge in [0.2, 0.25) is 5.91 Å². The maximum atomic E-state index is 11.7. The molecule has 0 spiro atoms. The van der Waals surface area contributed by atoms with Crippen LogP contribution in [0, 0.1) is 24.2 Å². The van der Waals surface area contributed by atoms with Crippen LogP contribution in [-0.2, 0) is 11.2 Å². The Morgan fingerprint density at radius 3 is 2.41 bits per heavy atom. The van der Waals surface area contributed by atoms with Crippen LogP contribution >= 0.6 is 0 Å². The van der Waals surface area contributed by atoms with Gasteiger partial charge >= 0.3 is 0 Å². The first-order valence-electron chi connectivity index (χ1n) is 5.78. The Morgan fingerprint density at radius 2 is 1.94 bits per heavy atom. The molecule has 0 saturated heterocycles. The summed E-state index contributed by atoms with van der Waals surface area (Å²) in [5, 5.41) is 11.8. The lowest BCUT2D eigenvalue weighted by Crippen LogP contribution is -2.35. The molecule has 0 bridgehead atoms. The molecule has 1 aromatic rings. The third-order valence-electron chi connectivity index (χ3n) is 2.46. The molecule has 0 aliphatic carbocycles. The Labute approximate surface area is 102 Å². The Balaban J connectivity index is 2.67. The molecular weight excluding hydrogens is 212 g/mol. The Bertz CT molecular complexity index is 415. The lowest BCUT2D eigenvalue weighted by molar-refractivity contribution is -0.123. The molecule has 17 heavy (non-hydrogen) atoms. The molecule has 1 N–H and O–H groups in total. The van der Waals surface area contributed by atoms with E-state index in [9.17, 15) is 4.79 Å². The van der Waals surface area contributed by atoms with Gasteiger partial charge < -0.3 is 5.32 Å². The number of aryl methyl sites for hydroxylation is 1. The number of hydrogen-bond acceptors (Lipinski definition) is 2. The fraction of sp³-hybridized carbons (Fsp3) is 0.429. The van der Waals surface area contributed by atoms with E-state index >= 15 is 0 Å². The monoisotopic (exact) mass is 230 g/mol. The molecular formula is C14H18N2O. The minimum atomic E-state index is -0.611. The number of nitrogens with zero attached hydrogens (tertiary/aromatic N) is 1. The van der Waals surface area contributed by atoms with Crippen LogP contribution in [0.3, 0.4) is 0 Å². The zero-order chi connectivity index (χ0) is 12.8. The number of nitriles is 1. The zero-order valence-corrected chi connectivity index (χ0v) is 10.5. The van der Waals surface area contributed by atoms with Crippen molar-refractivity contribution in [2.75, 3.05) is 0 Å². The number of carbonyl (C=O) groups is 1. The van der Waals surface area contributed by atoms with Crippen molar-refractivity contribution < 1.29 is 4.79 Å². The highest BCUT2D eigenvalue weighted by Gasteiger charge is 2.18. The van der Waals surface area contributed by atoms with Crippen molar-refractivity contribution in [2.24, 2.45) is 5.92 Å². The molecule has 90 valence electrons. The summed E-state index contributed by atoms with van der Waals surface area (Å²) in [5.41, 5.74) is 2.19. The number of amides is 1. The summed E-state index contributed by atoms with van der Waals surface area (Å²) in [6.07, 6.45) is 0.468. The van der Waals surface area contributed by atoms with E-state index in [0.29, 0.717) is 6.42 Å². The van der Waals surface area contributed by atoms with Crippen LogP contribution in [-0.4, -0.2) is 11.9 Å². The summed E-state index contributed by atoms with van der Waals surface area (Å²) in [4.78, 5) is 11.7. The molecule has 0 aliphatic rings. The lowest BCUT2D eigenvalue weighted by Gasteiger charge is -2.12. The second-order valence-corrected chi connectivity index (χ2v) is 4.53. The van der Waals surface area contributed by atoms with Crippen molar-refractivity contribution >= 4 is 5.91 Å². The molecule has 1 rings (SSSR count). The topological polar surface area (TPSA) is 52.9 Å². The average Bonchev–Trinajstić information content (AvgIpc) is 2.27. The third-order valence-corrected chi connectivity index (χ3v) is 2.46. The first-order chi connectivity index (χ1) is 8.02. The van der Waals surface area contributed by atoms with Crippen LogP contribution in [0.5, 0.6) is 0 Å². The smallest absolute Gasteiger partial charge is 0.237 e. The van der Waals surface area contributed by atoms with Crippen molar-refractivity contribution in [3.8, 4) is 6.07 Å². The molecule has 0 aromatic heterocycles. The van der Waals surface area contributed by atoms with E-state index in [0.717, 1.165) is 5.56 Å². The number of hydrogen-bond donors (Lipinski definition) is 1. The van der Waals surface area contributed by atoms with Crippen LogP contribution in [0.4, 0.5) is 0 Å². The van der Waals surface area contributed by atoms with Crippen LogP contribution < -0.4 is 5.32 Å². The van der Waals surface area contributed by atoms with Gasteiger partial charge in [-0.3, -0.25) is 4.79 Å². The molecule has 0 saturated carbocycles. The van der Waals surface area contributed by atoms with E-state index in [1.54, 1.807) is 0 Å². The van der Waals surface area contributed by atoms with Gasteiger partial charge in [-0.2, -0.15) is 5.26 Å². The number of benzene rings is 1. The molecule has 1 aromatic carbocycles. The molecule has 1 unspecified atom stereocenters. The van der Waals surface area contributed by atoms with Gasteiger partial charge in [0.25, 0.3) is 0 Å². The largest absolute Gasteiger partial charge is 0.353 e. The highest BCUT2D eigenvalue weighted by Crippen LogP contribution is 2.10. The van der Waals surface area contributed by atoms with Crippen molar-refractivity contribution in [1.29, 1.82) is 5.26 Å². The van der Waals surface area contributed by atoms with Crippen LogP contribution in [0.2, 0.25) is 0 Å². The molecule has 3 nitrogen and oxygen atoms in total. The number of rotatable bonds is 4. The number of nitrogens with one attached hydrogen (secondary N) is 1. The fourth-order valence-electron chi connectivity index (χ4n) is 1.54. The average molecular weight is 230 g/mol. The van der Waals surface area contributed by atoms with Gasteiger partial charge in [-0.25, -0.2) is 0 Å². The van der Waals surface area contributed by atoms with Crippen LogP contribution in [0.1, 0.15) is 25.0 Å². The molecule has 0 aliphatic heterocycles. The summed E-state index contributed by atoms with van der Waals surface area (Å²) in [6, 6.07) is 10.0. The Kier molecular flexibility index (Phi) is 4.71. The van der Waals surface area contributed by atoms with Crippen molar-refractivity contribution in [2.45, 2.75) is 33.2 Å². The molecule has 0 fully saturated rings. The summed E-state index contributed by atoms with van der Waals surface area (Å²) < 4.78 is 0. The minimum absolute atomic E-state index is 0.0661. The lowest BCUT2D eigenvalue weighted by atomic mass is 9.99. The predicted octanol–water partition coefficient (Wildman–Crippen LogP) is 2.20. The van der Waals surface area contributed by atoms with Gasteiger partial charge in [0.15, 0.2) is 0 Å². The molecule has 0 radical (unpaired) electrons. The molecule has 0 heterocycles. The summed E-state index contributed by atoms with van der Waals surface area (Å²) in [5.74, 6) is -0.803. The molecule has 1 atom stereocenters. The van der Waals surface area contributed by atoms with Crippen LogP contribution in [0.25, 0.3) is 0 Å². The maximum Gasteiger partial charge on any atom is 0.237 e. The van der Waals surface area contributed by atoms with Crippen molar-refractivity contribution in [3.05, 3.63) is 35.4 Å². The summed E-state index contributed by atoms with van der Waals surface area (Å²) in [6.45, 7) is 5.79. The Morgan fingerprint density at radius 1 is 1.35 bits per heavy atom. The van der Waals surface area contributed by atoms with Gasteiger partial charge in [-0.15, -0.1) is 0 Å². The van der Waals surface area contributed by atoms with Crippen molar-refractivity contribution in [3.63, 3.8) is 0 Å². The van der Waals surface area contributed by atoms with E-state index in [4.69, 9.17) is 5.26 Å². The maximum absolute atomic E-state index is 11.7. The minimum Gasteiger partial charge on any atom is -0.353 e. The van der Waals surface area contributed by atoms with Gasteiger partial charge in [0.1, 0.15) is 5.92 Å². The Hall–Kier alpha value is -1.82. The summed E-state index contributed by atoms with van der Waals surface area (Å²) in [7, 11) is 0. The molecule has 3 heteroatoms. The van der Waals surface area contributed by atoms with E-state index in [1.807, 2.05) is 45.0 Å². The van der Waals surface area contributed by atoms with E-state index in [2.05, 4.69) is 11.4 Å². The molecule has 1 amide bonds. The second-order valence-electron chi connectivity index (χ2n) is 4.53. The van der Waals surface area contributed by atoms with Crippen molar-refractivity contribution in [1.82, 2.24) is 5.32 Å². The normalized spacial score (nSPS) is 11.9. The standard InChI is InChI=1S/C14H18N2O/c1-10(2)16-14(17)13(9-15)8-12-6-4-11(3)5-7-12/h4-7,10,13H,8H2,1-3H3,(H,16,17). The SMILES string of the molecule is Cc1ccc(CC(C#N)C(=O)NC(C)C)cc1. The first-order valence-corrected chi connectivity index (χ1v) is 5.78. The first kappa shape index (κ1) is 13.2. The fourth-order valence-corrected chi connectivity index (χ4v) is 1.54. The van der Waals surface area contributed by atoms with Gasteiger partial charge in [0.05, 0.1) is 6.07 Å². The van der Waals surface area contributed by atoms with Gasteiger partial charge in [-0.05, 0) is 32.8 Å². The highest BCUT2D eigenvalue weighted by molar-refractivity contribution is 5.81. The van der Waals surface area contributed by atoms with E-state index < -0.39 is 5.92 Å². The third kappa shape index (κ3) is 4.28. The van der Waals surface area contributed by atoms with Gasteiger partial charge in [0, 0.05) is 6.04 Å². The zero-order valence-electron chi connectivity index (χ0n) is 10.5.